The summed E-state index contributed by atoms with van der Waals surface area (Å²) in [5, 5.41) is 9.93. The molecule has 2 atom stereocenters. The van der Waals surface area contributed by atoms with E-state index in [1.54, 1.807) is 32.1 Å². The van der Waals surface area contributed by atoms with Crippen molar-refractivity contribution in [1.29, 1.82) is 0 Å². The van der Waals surface area contributed by atoms with Crippen LogP contribution in [0, 0.1) is 11.8 Å². The number of Topliss-reactive ketones (excluding diaryl/α,β-unsaturated/α-hetero) is 1. The van der Waals surface area contributed by atoms with Crippen LogP contribution in [0.2, 0.25) is 0 Å². The molecule has 0 unspecified atom stereocenters. The summed E-state index contributed by atoms with van der Waals surface area (Å²) in [6, 6.07) is 9.13. The van der Waals surface area contributed by atoms with Gasteiger partial charge in [-0.15, -0.1) is 11.3 Å². The number of thiophene rings is 1. The third-order valence-corrected chi connectivity index (χ3v) is 8.58. The van der Waals surface area contributed by atoms with Gasteiger partial charge in [0, 0.05) is 43.1 Å². The lowest BCUT2D eigenvalue weighted by Gasteiger charge is -2.17. The molecule has 0 fully saturated rings. The third-order valence-electron chi connectivity index (χ3n) is 7.44. The number of amides is 1. The minimum absolute atomic E-state index is 0.0651. The van der Waals surface area contributed by atoms with Crippen molar-refractivity contribution in [1.82, 2.24) is 4.90 Å². The second-order valence-corrected chi connectivity index (χ2v) is 11.8. The van der Waals surface area contributed by atoms with Crippen molar-refractivity contribution >= 4 is 45.1 Å². The Kier molecular flexibility index (Phi) is 10.7. The summed E-state index contributed by atoms with van der Waals surface area (Å²) in [5.41, 5.74) is 1.92. The van der Waals surface area contributed by atoms with Gasteiger partial charge in [-0.05, 0) is 40.8 Å². The monoisotopic (exact) mass is 627 g/mol. The summed E-state index contributed by atoms with van der Waals surface area (Å²) >= 11 is 1.29. The van der Waals surface area contributed by atoms with Crippen molar-refractivity contribution < 1.29 is 48.0 Å². The smallest absolute Gasteiger partial charge is 0.308 e. The van der Waals surface area contributed by atoms with Gasteiger partial charge in [-0.1, -0.05) is 13.8 Å². The minimum Gasteiger partial charge on any atom is -0.493 e. The molecule has 44 heavy (non-hydrogen) atoms. The summed E-state index contributed by atoms with van der Waals surface area (Å²) in [4.78, 5) is 50.4. The zero-order chi connectivity index (χ0) is 32.0. The molecule has 4 rings (SSSR count). The molecule has 0 radical (unpaired) electrons. The number of aliphatic carboxylic acids is 1. The summed E-state index contributed by atoms with van der Waals surface area (Å²) in [6.07, 6.45) is 0.568. The lowest BCUT2D eigenvalue weighted by atomic mass is 10.0. The second kappa shape index (κ2) is 14.4. The van der Waals surface area contributed by atoms with Crippen LogP contribution in [0.25, 0.3) is 10.1 Å². The summed E-state index contributed by atoms with van der Waals surface area (Å²) in [7, 11) is 4.41. The highest BCUT2D eigenvalue weighted by Crippen LogP contribution is 2.38. The Balaban J connectivity index is 1.33. The molecular weight excluding hydrogens is 590 g/mol. The van der Waals surface area contributed by atoms with E-state index in [9.17, 15) is 19.2 Å². The van der Waals surface area contributed by atoms with Crippen molar-refractivity contribution in [3.63, 3.8) is 0 Å². The molecule has 1 N–H and O–H groups in total. The number of carboxylic acids is 1. The average molecular weight is 628 g/mol. The van der Waals surface area contributed by atoms with Gasteiger partial charge in [-0.3, -0.25) is 19.2 Å². The van der Waals surface area contributed by atoms with Gasteiger partial charge in [0.15, 0.2) is 28.8 Å². The Morgan fingerprint density at radius 2 is 1.41 bits per heavy atom. The van der Waals surface area contributed by atoms with Crippen LogP contribution in [0.15, 0.2) is 30.3 Å². The first-order valence-corrected chi connectivity index (χ1v) is 15.0. The zero-order valence-corrected chi connectivity index (χ0v) is 26.3. The molecule has 2 heterocycles. The van der Waals surface area contributed by atoms with Gasteiger partial charge in [0.2, 0.25) is 5.91 Å². The predicted octanol–water partition coefficient (Wildman–Crippen LogP) is 5.10. The standard InChI is InChI=1S/C32H37NO10S/c1-18(31(36)37)9-23(34)29-14-20-11-26(25(40-4)15-28(20)44-29)42-7-6-8-43-27-13-22-17-33(16-21(22)12-24(27)39-3)30(35)10-19(2)32(38)41-5/h11-15,18-19H,6-10,16-17H2,1-5H3,(H,36,37)/t18-,19-/m0/s1. The van der Waals surface area contributed by atoms with Crippen LogP contribution < -0.4 is 18.9 Å². The Morgan fingerprint density at radius 3 is 2.00 bits per heavy atom. The molecule has 11 nitrogen and oxygen atoms in total. The van der Waals surface area contributed by atoms with E-state index in [0.29, 0.717) is 60.6 Å². The first-order chi connectivity index (χ1) is 21.0. The number of rotatable bonds is 15. The number of carbonyl (C=O) groups is 4. The fourth-order valence-corrected chi connectivity index (χ4v) is 5.90. The summed E-state index contributed by atoms with van der Waals surface area (Å²) in [5.74, 6) is -0.837. The van der Waals surface area contributed by atoms with Crippen LogP contribution in [0.3, 0.4) is 0 Å². The molecule has 0 bridgehead atoms. The molecular formula is C32H37NO10S. The van der Waals surface area contributed by atoms with Gasteiger partial charge in [-0.2, -0.15) is 0 Å². The number of ether oxygens (including phenoxy) is 5. The van der Waals surface area contributed by atoms with Crippen molar-refractivity contribution in [2.45, 2.75) is 46.2 Å². The lowest BCUT2D eigenvalue weighted by Crippen LogP contribution is -2.29. The van der Waals surface area contributed by atoms with Gasteiger partial charge in [0.05, 0.1) is 51.3 Å². The maximum absolute atomic E-state index is 12.8. The first kappa shape index (κ1) is 32.6. The quantitative estimate of drug-likeness (QED) is 0.138. The van der Waals surface area contributed by atoms with E-state index < -0.39 is 23.8 Å². The molecule has 236 valence electrons. The molecule has 12 heteroatoms. The van der Waals surface area contributed by atoms with E-state index in [1.165, 1.54) is 25.4 Å². The molecule has 0 aliphatic carbocycles. The normalized spacial score (nSPS) is 13.6. The second-order valence-electron chi connectivity index (χ2n) is 10.7. The van der Waals surface area contributed by atoms with Crippen LogP contribution >= 0.6 is 11.3 Å². The molecule has 3 aromatic rings. The zero-order valence-electron chi connectivity index (χ0n) is 25.5. The number of methoxy groups -OCH3 is 3. The van der Waals surface area contributed by atoms with E-state index >= 15 is 0 Å². The van der Waals surface area contributed by atoms with Crippen LogP contribution in [-0.2, 0) is 32.2 Å². The molecule has 1 aromatic heterocycles. The van der Waals surface area contributed by atoms with Crippen molar-refractivity contribution in [3.8, 4) is 23.0 Å². The fourth-order valence-electron chi connectivity index (χ4n) is 4.88. The average Bonchev–Trinajstić information content (AvgIpc) is 3.62. The largest absolute Gasteiger partial charge is 0.493 e. The molecule has 1 amide bonds. The van der Waals surface area contributed by atoms with Crippen molar-refractivity contribution in [2.75, 3.05) is 34.5 Å². The SMILES string of the molecule is COC(=O)[C@@H](C)CC(=O)N1Cc2cc(OC)c(OCCCOc3cc4cc(C(=O)C[C@H](C)C(=O)O)sc4cc3OC)cc2C1. The van der Waals surface area contributed by atoms with Crippen LogP contribution in [-0.4, -0.2) is 68.2 Å². The first-order valence-electron chi connectivity index (χ1n) is 14.2. The topological polar surface area (TPSA) is 138 Å². The van der Waals surface area contributed by atoms with E-state index in [1.807, 2.05) is 24.3 Å². The third kappa shape index (κ3) is 7.60. The number of nitrogens with zero attached hydrogens (tertiary/aromatic N) is 1. The number of ketones is 1. The summed E-state index contributed by atoms with van der Waals surface area (Å²) in [6.45, 7) is 4.72. The van der Waals surface area contributed by atoms with Gasteiger partial charge in [0.1, 0.15) is 0 Å². The predicted molar refractivity (Wildman–Crippen MR) is 163 cm³/mol. The Hall–Kier alpha value is -4.32. The number of hydrogen-bond donors (Lipinski definition) is 1. The Labute approximate surface area is 259 Å². The van der Waals surface area contributed by atoms with Gasteiger partial charge in [-0.25, -0.2) is 0 Å². The highest BCUT2D eigenvalue weighted by atomic mass is 32.1. The van der Waals surface area contributed by atoms with E-state index in [-0.39, 0.29) is 24.5 Å². The van der Waals surface area contributed by atoms with Crippen LogP contribution in [0.5, 0.6) is 23.0 Å². The number of hydrogen-bond acceptors (Lipinski definition) is 10. The van der Waals surface area contributed by atoms with Gasteiger partial charge >= 0.3 is 11.9 Å². The Morgan fingerprint density at radius 1 is 0.818 bits per heavy atom. The number of carbonyl (C=O) groups excluding carboxylic acids is 3. The number of benzene rings is 2. The molecule has 0 saturated carbocycles. The molecule has 1 aliphatic rings. The van der Waals surface area contributed by atoms with E-state index in [2.05, 4.69) is 0 Å². The minimum atomic E-state index is -1.00. The van der Waals surface area contributed by atoms with Crippen molar-refractivity contribution in [2.24, 2.45) is 11.8 Å². The number of carboxylic acid groups (broad SMARTS) is 1. The highest BCUT2D eigenvalue weighted by molar-refractivity contribution is 7.20. The molecule has 1 aliphatic heterocycles. The molecule has 2 aromatic carbocycles. The van der Waals surface area contributed by atoms with Crippen LogP contribution in [0.1, 0.15) is 53.9 Å². The van der Waals surface area contributed by atoms with Crippen molar-refractivity contribution in [3.05, 3.63) is 46.3 Å². The number of fused-ring (bicyclic) bond motifs is 2. The fraction of sp³-hybridized carbons (Fsp3) is 0.438. The lowest BCUT2D eigenvalue weighted by molar-refractivity contribution is -0.148. The Bertz CT molecular complexity index is 1550. The van der Waals surface area contributed by atoms with Gasteiger partial charge < -0.3 is 33.7 Å². The highest BCUT2D eigenvalue weighted by Gasteiger charge is 2.28. The maximum Gasteiger partial charge on any atom is 0.308 e. The maximum atomic E-state index is 12.8. The van der Waals surface area contributed by atoms with E-state index in [4.69, 9.17) is 28.8 Å². The van der Waals surface area contributed by atoms with Gasteiger partial charge in [0.25, 0.3) is 0 Å². The molecule has 0 spiro atoms. The summed E-state index contributed by atoms with van der Waals surface area (Å²) < 4.78 is 28.6. The van der Waals surface area contributed by atoms with Crippen LogP contribution in [0.4, 0.5) is 0 Å². The number of esters is 1. The van der Waals surface area contributed by atoms with E-state index in [0.717, 1.165) is 21.2 Å². The molecule has 0 saturated heterocycles.